The first kappa shape index (κ1) is 17.4. The van der Waals surface area contributed by atoms with Gasteiger partial charge in [0, 0.05) is 20.0 Å². The number of halogens is 1. The summed E-state index contributed by atoms with van der Waals surface area (Å²) in [7, 11) is 1.82. The van der Waals surface area contributed by atoms with Gasteiger partial charge in [0.1, 0.15) is 11.9 Å². The molecule has 3 rings (SSSR count). The molecule has 1 aromatic rings. The first-order chi connectivity index (χ1) is 10.3. The van der Waals surface area contributed by atoms with Crippen molar-refractivity contribution >= 4 is 29.9 Å². The molecule has 0 aromatic heterocycles. The van der Waals surface area contributed by atoms with Crippen LogP contribution in [0, 0.1) is 5.92 Å². The molecule has 0 spiro atoms. The van der Waals surface area contributed by atoms with Gasteiger partial charge in [-0.05, 0) is 30.4 Å². The monoisotopic (exact) mass is 415 g/mol. The van der Waals surface area contributed by atoms with Gasteiger partial charge in [-0.2, -0.15) is 0 Å². The summed E-state index contributed by atoms with van der Waals surface area (Å²) in [4.78, 5) is 4.27. The number of hydrogen-bond donors (Lipinski definition) is 2. The fourth-order valence-electron chi connectivity index (χ4n) is 2.80. The van der Waals surface area contributed by atoms with Crippen molar-refractivity contribution in [2.24, 2.45) is 10.9 Å². The molecule has 1 aromatic carbocycles. The van der Waals surface area contributed by atoms with Crippen LogP contribution in [0.2, 0.25) is 0 Å². The molecule has 22 heavy (non-hydrogen) atoms. The van der Waals surface area contributed by atoms with E-state index in [0.717, 1.165) is 37.1 Å². The molecule has 4 nitrogen and oxygen atoms in total. The Hall–Kier alpha value is -0.980. The van der Waals surface area contributed by atoms with Crippen LogP contribution in [0.1, 0.15) is 31.2 Å². The van der Waals surface area contributed by atoms with E-state index in [-0.39, 0.29) is 30.1 Å². The van der Waals surface area contributed by atoms with E-state index in [1.165, 1.54) is 31.2 Å². The summed E-state index contributed by atoms with van der Waals surface area (Å²) in [5.74, 6) is 2.91. The number of aliphatic imine (C=N–C) groups is 1. The fourth-order valence-corrected chi connectivity index (χ4v) is 2.80. The van der Waals surface area contributed by atoms with Crippen LogP contribution in [0.5, 0.6) is 5.75 Å². The number of nitrogens with zero attached hydrogens (tertiary/aromatic N) is 1. The van der Waals surface area contributed by atoms with Crippen LogP contribution in [0.25, 0.3) is 0 Å². The Morgan fingerprint density at radius 3 is 2.82 bits per heavy atom. The van der Waals surface area contributed by atoms with E-state index in [9.17, 15) is 0 Å². The molecule has 1 atom stereocenters. The van der Waals surface area contributed by atoms with Gasteiger partial charge in [0.15, 0.2) is 5.96 Å². The van der Waals surface area contributed by atoms with Crippen molar-refractivity contribution in [2.45, 2.75) is 38.2 Å². The highest BCUT2D eigenvalue weighted by molar-refractivity contribution is 14.0. The molecule has 0 radical (unpaired) electrons. The van der Waals surface area contributed by atoms with Crippen molar-refractivity contribution in [2.75, 3.05) is 20.1 Å². The predicted octanol–water partition coefficient (Wildman–Crippen LogP) is 2.96. The highest BCUT2D eigenvalue weighted by atomic mass is 127. The molecular weight excluding hydrogens is 389 g/mol. The van der Waals surface area contributed by atoms with E-state index in [1.54, 1.807) is 0 Å². The van der Waals surface area contributed by atoms with Gasteiger partial charge in [-0.3, -0.25) is 4.99 Å². The van der Waals surface area contributed by atoms with Gasteiger partial charge in [-0.1, -0.05) is 31.0 Å². The summed E-state index contributed by atoms with van der Waals surface area (Å²) in [6, 6.07) is 8.27. The molecule has 1 fully saturated rings. The lowest BCUT2D eigenvalue weighted by atomic mass is 10.1. The summed E-state index contributed by atoms with van der Waals surface area (Å²) < 4.78 is 5.92. The quantitative estimate of drug-likeness (QED) is 0.325. The summed E-state index contributed by atoms with van der Waals surface area (Å²) in [5.41, 5.74) is 1.30. The highest BCUT2D eigenvalue weighted by Crippen LogP contribution is 2.33. The van der Waals surface area contributed by atoms with Crippen molar-refractivity contribution in [3.8, 4) is 5.75 Å². The van der Waals surface area contributed by atoms with Gasteiger partial charge >= 0.3 is 0 Å². The zero-order chi connectivity index (χ0) is 14.5. The second kappa shape index (κ2) is 8.60. The smallest absolute Gasteiger partial charge is 0.191 e. The maximum Gasteiger partial charge on any atom is 0.191 e. The van der Waals surface area contributed by atoms with Crippen molar-refractivity contribution in [3.05, 3.63) is 29.8 Å². The average molecular weight is 415 g/mol. The second-order valence-electron chi connectivity index (χ2n) is 6.02. The van der Waals surface area contributed by atoms with Gasteiger partial charge in [-0.25, -0.2) is 0 Å². The third-order valence-corrected chi connectivity index (χ3v) is 4.21. The zero-order valence-corrected chi connectivity index (χ0v) is 15.5. The number of para-hydroxylation sites is 1. The molecule has 1 heterocycles. The molecule has 1 saturated carbocycles. The Kier molecular flexibility index (Phi) is 6.79. The maximum absolute atomic E-state index is 5.92. The lowest BCUT2D eigenvalue weighted by Crippen LogP contribution is -2.42. The second-order valence-corrected chi connectivity index (χ2v) is 6.02. The Morgan fingerprint density at radius 1 is 1.27 bits per heavy atom. The van der Waals surface area contributed by atoms with Crippen molar-refractivity contribution in [3.63, 3.8) is 0 Å². The summed E-state index contributed by atoms with van der Waals surface area (Å²) in [6.07, 6.45) is 6.63. The number of nitrogens with one attached hydrogen (secondary N) is 2. The topological polar surface area (TPSA) is 45.7 Å². The SMILES string of the molecule is CN=C(NCCCC1CC1)NCC1Cc2ccccc2O1.I. The predicted molar refractivity (Wildman–Crippen MR) is 101 cm³/mol. The normalized spacial score (nSPS) is 19.9. The van der Waals surface area contributed by atoms with E-state index < -0.39 is 0 Å². The van der Waals surface area contributed by atoms with Crippen LogP contribution in [0.15, 0.2) is 29.3 Å². The Labute approximate surface area is 150 Å². The highest BCUT2D eigenvalue weighted by Gasteiger charge is 2.22. The van der Waals surface area contributed by atoms with Gasteiger partial charge in [-0.15, -0.1) is 24.0 Å². The molecular formula is C17H26IN3O. The minimum absolute atomic E-state index is 0. The number of hydrogen-bond acceptors (Lipinski definition) is 2. The number of rotatable bonds is 6. The van der Waals surface area contributed by atoms with Crippen LogP contribution >= 0.6 is 24.0 Å². The summed E-state index contributed by atoms with van der Waals surface area (Å²) >= 11 is 0. The van der Waals surface area contributed by atoms with Gasteiger partial charge < -0.3 is 15.4 Å². The van der Waals surface area contributed by atoms with E-state index in [1.807, 2.05) is 19.2 Å². The largest absolute Gasteiger partial charge is 0.488 e. The summed E-state index contributed by atoms with van der Waals surface area (Å²) in [6.45, 7) is 1.79. The van der Waals surface area contributed by atoms with E-state index >= 15 is 0 Å². The number of guanidine groups is 1. The first-order valence-electron chi connectivity index (χ1n) is 8.04. The first-order valence-corrected chi connectivity index (χ1v) is 8.04. The van der Waals surface area contributed by atoms with Gasteiger partial charge in [0.05, 0.1) is 6.54 Å². The van der Waals surface area contributed by atoms with E-state index in [4.69, 9.17) is 4.74 Å². The molecule has 0 amide bonds. The lowest BCUT2D eigenvalue weighted by Gasteiger charge is -2.15. The van der Waals surface area contributed by atoms with E-state index in [0.29, 0.717) is 0 Å². The van der Waals surface area contributed by atoms with Crippen LogP contribution in [0.3, 0.4) is 0 Å². The van der Waals surface area contributed by atoms with Crippen molar-refractivity contribution in [1.29, 1.82) is 0 Å². The molecule has 2 N–H and O–H groups in total. The zero-order valence-electron chi connectivity index (χ0n) is 13.2. The molecule has 5 heteroatoms. The average Bonchev–Trinajstić information content (AvgIpc) is 3.24. The maximum atomic E-state index is 5.92. The van der Waals surface area contributed by atoms with Gasteiger partial charge in [0.25, 0.3) is 0 Å². The number of benzene rings is 1. The molecule has 1 aliphatic heterocycles. The Bertz CT molecular complexity index is 477. The van der Waals surface area contributed by atoms with Crippen LogP contribution < -0.4 is 15.4 Å². The minimum Gasteiger partial charge on any atom is -0.488 e. The Balaban J connectivity index is 0.00000176. The molecule has 1 unspecified atom stereocenters. The molecule has 2 aliphatic rings. The van der Waals surface area contributed by atoms with Crippen LogP contribution in [0.4, 0.5) is 0 Å². The molecule has 1 aliphatic carbocycles. The van der Waals surface area contributed by atoms with Crippen molar-refractivity contribution < 1.29 is 4.74 Å². The fraction of sp³-hybridized carbons (Fsp3) is 0.588. The third kappa shape index (κ3) is 5.04. The van der Waals surface area contributed by atoms with Gasteiger partial charge in [0.2, 0.25) is 0 Å². The molecule has 122 valence electrons. The molecule has 0 bridgehead atoms. The third-order valence-electron chi connectivity index (χ3n) is 4.21. The van der Waals surface area contributed by atoms with Crippen molar-refractivity contribution in [1.82, 2.24) is 10.6 Å². The Morgan fingerprint density at radius 2 is 2.09 bits per heavy atom. The van der Waals surface area contributed by atoms with E-state index in [2.05, 4.69) is 27.8 Å². The summed E-state index contributed by atoms with van der Waals surface area (Å²) in [5, 5.41) is 6.74. The molecule has 0 saturated heterocycles. The van der Waals surface area contributed by atoms with Crippen LogP contribution in [-0.4, -0.2) is 32.2 Å². The van der Waals surface area contributed by atoms with Crippen LogP contribution in [-0.2, 0) is 6.42 Å². The standard InChI is InChI=1S/C17H25N3O.HI/c1-18-17(19-10-4-5-13-8-9-13)20-12-15-11-14-6-2-3-7-16(14)21-15;/h2-3,6-7,13,15H,4-5,8-12H2,1H3,(H2,18,19,20);1H. The number of fused-ring (bicyclic) bond motifs is 1. The lowest BCUT2D eigenvalue weighted by molar-refractivity contribution is 0.235. The number of ether oxygens (including phenoxy) is 1. The minimum atomic E-state index is 0.